The molecule has 2 aromatic carbocycles. The molecule has 156 valence electrons. The van der Waals surface area contributed by atoms with Gasteiger partial charge in [0.15, 0.2) is 5.65 Å². The number of carbonyl (C=O) groups is 1. The van der Waals surface area contributed by atoms with Gasteiger partial charge in [-0.25, -0.2) is 9.97 Å². The fraction of sp³-hybridized carbons (Fsp3) is 0.0417. The summed E-state index contributed by atoms with van der Waals surface area (Å²) in [7, 11) is 0. The second kappa shape index (κ2) is 8.27. The van der Waals surface area contributed by atoms with Crippen LogP contribution < -0.4 is 11.1 Å². The van der Waals surface area contributed by atoms with Crippen molar-refractivity contribution < 1.29 is 4.79 Å². The highest BCUT2D eigenvalue weighted by Crippen LogP contribution is 2.27. The van der Waals surface area contributed by atoms with Crippen LogP contribution in [0, 0.1) is 0 Å². The van der Waals surface area contributed by atoms with E-state index in [9.17, 15) is 4.79 Å². The third-order valence-corrected chi connectivity index (χ3v) is 5.03. The summed E-state index contributed by atoms with van der Waals surface area (Å²) in [4.78, 5) is 26.5. The number of benzene rings is 2. The first kappa shape index (κ1) is 19.4. The number of hydrogen-bond acceptors (Lipinski definition) is 6. The number of nitrogens with zero attached hydrogens (tertiary/aromatic N) is 5. The smallest absolute Gasteiger partial charge is 0.257 e. The molecule has 0 atom stereocenters. The van der Waals surface area contributed by atoms with Crippen LogP contribution in [-0.2, 0) is 6.54 Å². The lowest BCUT2D eigenvalue weighted by Crippen LogP contribution is -2.23. The average molecular weight is 421 g/mol. The van der Waals surface area contributed by atoms with Crippen molar-refractivity contribution >= 4 is 40.1 Å². The molecule has 0 bridgehead atoms. The van der Waals surface area contributed by atoms with Gasteiger partial charge in [-0.05, 0) is 35.4 Å². The lowest BCUT2D eigenvalue weighted by molar-refractivity contribution is 0.0953. The number of amides is 1. The van der Waals surface area contributed by atoms with Crippen LogP contribution in [0.4, 0.5) is 5.82 Å². The Labute approximate surface area is 183 Å². The highest BCUT2D eigenvalue weighted by molar-refractivity contribution is 6.10. The number of pyridine rings is 1. The molecule has 0 fully saturated rings. The van der Waals surface area contributed by atoms with Gasteiger partial charge >= 0.3 is 0 Å². The van der Waals surface area contributed by atoms with Crippen molar-refractivity contribution in [2.24, 2.45) is 5.10 Å². The van der Waals surface area contributed by atoms with Gasteiger partial charge in [0.2, 0.25) is 0 Å². The molecule has 0 saturated heterocycles. The Morgan fingerprint density at radius 1 is 0.969 bits per heavy atom. The van der Waals surface area contributed by atoms with Gasteiger partial charge in [-0.2, -0.15) is 9.78 Å². The third-order valence-electron chi connectivity index (χ3n) is 5.03. The molecular weight excluding hydrogens is 402 g/mol. The van der Waals surface area contributed by atoms with Crippen molar-refractivity contribution in [1.82, 2.24) is 24.9 Å². The molecule has 3 N–H and O–H groups in total. The van der Waals surface area contributed by atoms with E-state index in [4.69, 9.17) is 5.73 Å². The highest BCUT2D eigenvalue weighted by atomic mass is 16.1. The molecule has 3 aromatic heterocycles. The molecule has 0 unspecified atom stereocenters. The van der Waals surface area contributed by atoms with Crippen LogP contribution in [-0.4, -0.2) is 31.7 Å². The van der Waals surface area contributed by atoms with Gasteiger partial charge < -0.3 is 11.1 Å². The zero-order chi connectivity index (χ0) is 21.9. The van der Waals surface area contributed by atoms with Gasteiger partial charge in [-0.3, -0.25) is 9.78 Å². The molecular formula is C24H19N7O. The largest absolute Gasteiger partial charge is 0.383 e. The maximum Gasteiger partial charge on any atom is 0.257 e. The van der Waals surface area contributed by atoms with Crippen LogP contribution >= 0.6 is 0 Å². The van der Waals surface area contributed by atoms with Crippen molar-refractivity contribution in [2.45, 2.75) is 6.54 Å². The first-order chi connectivity index (χ1) is 15.7. The topological polar surface area (TPSA) is 111 Å². The molecule has 3 heterocycles. The fourth-order valence-electron chi connectivity index (χ4n) is 3.43. The predicted molar refractivity (Wildman–Crippen MR) is 124 cm³/mol. The van der Waals surface area contributed by atoms with Gasteiger partial charge in [0, 0.05) is 18.9 Å². The van der Waals surface area contributed by atoms with Gasteiger partial charge in [-0.1, -0.05) is 42.5 Å². The number of nitrogens with one attached hydrogen (secondary N) is 1. The normalized spacial score (nSPS) is 11.4. The van der Waals surface area contributed by atoms with Gasteiger partial charge in [0.1, 0.15) is 16.9 Å². The molecule has 0 radical (unpaired) electrons. The minimum atomic E-state index is -0.334. The van der Waals surface area contributed by atoms with E-state index in [-0.39, 0.29) is 17.3 Å². The number of hydrogen-bond donors (Lipinski definition) is 2. The minimum absolute atomic E-state index is 0.172. The van der Waals surface area contributed by atoms with Crippen LogP contribution in [0.25, 0.3) is 22.2 Å². The third kappa shape index (κ3) is 3.65. The molecule has 8 heteroatoms. The first-order valence-electron chi connectivity index (χ1n) is 10.0. The summed E-state index contributed by atoms with van der Waals surface area (Å²) in [6.45, 7) is 0.368. The summed E-state index contributed by atoms with van der Waals surface area (Å²) >= 11 is 0. The maximum absolute atomic E-state index is 13.1. The molecule has 0 spiro atoms. The Balaban J connectivity index is 1.61. The molecule has 5 rings (SSSR count). The molecule has 0 aliphatic carbocycles. The van der Waals surface area contributed by atoms with E-state index in [0.29, 0.717) is 28.7 Å². The average Bonchev–Trinajstić information content (AvgIpc) is 3.11. The number of nitrogen functional groups attached to an aromatic ring is 1. The lowest BCUT2D eigenvalue weighted by Gasteiger charge is -2.05. The van der Waals surface area contributed by atoms with Crippen LogP contribution in [0.1, 0.15) is 21.5 Å². The van der Waals surface area contributed by atoms with Crippen molar-refractivity contribution in [3.8, 4) is 0 Å². The summed E-state index contributed by atoms with van der Waals surface area (Å²) in [6, 6.07) is 20.8. The number of anilines is 1. The quantitative estimate of drug-likeness (QED) is 0.423. The monoisotopic (exact) mass is 421 g/mol. The van der Waals surface area contributed by atoms with E-state index in [2.05, 4.69) is 25.4 Å². The first-order valence-corrected chi connectivity index (χ1v) is 10.0. The Hall–Kier alpha value is -4.59. The summed E-state index contributed by atoms with van der Waals surface area (Å²) in [6.07, 6.45) is 4.99. The maximum atomic E-state index is 13.1. The molecule has 0 aliphatic rings. The second-order valence-corrected chi connectivity index (χ2v) is 7.15. The van der Waals surface area contributed by atoms with E-state index in [1.54, 1.807) is 18.6 Å². The number of para-hydroxylation sites is 2. The van der Waals surface area contributed by atoms with Crippen LogP contribution in [0.3, 0.4) is 0 Å². The summed E-state index contributed by atoms with van der Waals surface area (Å²) < 4.78 is 1.45. The van der Waals surface area contributed by atoms with Crippen LogP contribution in [0.15, 0.2) is 84.2 Å². The molecule has 0 aliphatic heterocycles. The Bertz CT molecular complexity index is 1440. The zero-order valence-corrected chi connectivity index (χ0v) is 17.0. The van der Waals surface area contributed by atoms with Gasteiger partial charge in [0.25, 0.3) is 5.91 Å². The Kier molecular flexibility index (Phi) is 5.01. The van der Waals surface area contributed by atoms with Crippen LogP contribution in [0.2, 0.25) is 0 Å². The van der Waals surface area contributed by atoms with E-state index in [1.807, 2.05) is 66.7 Å². The van der Waals surface area contributed by atoms with Crippen molar-refractivity contribution in [3.63, 3.8) is 0 Å². The van der Waals surface area contributed by atoms with Gasteiger partial charge in [0.05, 0.1) is 17.2 Å². The van der Waals surface area contributed by atoms with Crippen molar-refractivity contribution in [3.05, 3.63) is 95.8 Å². The summed E-state index contributed by atoms with van der Waals surface area (Å²) in [5.41, 5.74) is 10.7. The number of carbonyl (C=O) groups excluding carboxylic acids is 1. The lowest BCUT2D eigenvalue weighted by atomic mass is 10.2. The summed E-state index contributed by atoms with van der Waals surface area (Å²) in [5, 5.41) is 7.41. The molecule has 0 saturated carbocycles. The predicted octanol–water partition coefficient (Wildman–Crippen LogP) is 3.37. The van der Waals surface area contributed by atoms with E-state index < -0.39 is 0 Å². The fourth-order valence-corrected chi connectivity index (χ4v) is 3.43. The highest BCUT2D eigenvalue weighted by Gasteiger charge is 2.24. The number of aromatic nitrogens is 4. The van der Waals surface area contributed by atoms with E-state index in [1.165, 1.54) is 4.68 Å². The number of fused-ring (bicyclic) bond motifs is 2. The molecule has 5 aromatic rings. The molecule has 1 amide bonds. The minimum Gasteiger partial charge on any atom is -0.383 e. The zero-order valence-electron chi connectivity index (χ0n) is 17.0. The Morgan fingerprint density at radius 2 is 1.66 bits per heavy atom. The van der Waals surface area contributed by atoms with Gasteiger partial charge in [-0.15, -0.1) is 0 Å². The van der Waals surface area contributed by atoms with Crippen LogP contribution in [0.5, 0.6) is 0 Å². The van der Waals surface area contributed by atoms with Crippen molar-refractivity contribution in [1.29, 1.82) is 0 Å². The molecule has 32 heavy (non-hydrogen) atoms. The molecule has 8 nitrogen and oxygen atoms in total. The van der Waals surface area contributed by atoms with Crippen molar-refractivity contribution in [2.75, 3.05) is 5.73 Å². The number of rotatable bonds is 5. The summed E-state index contributed by atoms with van der Waals surface area (Å²) in [5.74, 6) is -0.162. The number of nitrogens with two attached hydrogens (primary N) is 1. The van der Waals surface area contributed by atoms with E-state index in [0.717, 1.165) is 11.1 Å². The van der Waals surface area contributed by atoms with E-state index >= 15 is 0 Å². The SMILES string of the molecule is Nc1c(C(=O)NCc2ccccc2)c2nc3ccccc3nc2n1/N=C\c1ccncc1. The second-order valence-electron chi connectivity index (χ2n) is 7.15. The Morgan fingerprint density at radius 3 is 2.41 bits per heavy atom. The standard InChI is InChI=1S/C24H19N7O/c25-22-20(24(32)27-14-16-6-2-1-3-7-16)21-23(30-19-9-5-4-8-18(19)29-21)31(22)28-15-17-10-12-26-13-11-17/h1-13,15H,14,25H2,(H,27,32)/b28-15-.